The Bertz CT molecular complexity index is 430. The zero-order valence-corrected chi connectivity index (χ0v) is 11.8. The molecule has 104 valence electrons. The van der Waals surface area contributed by atoms with E-state index in [4.69, 9.17) is 4.74 Å². The molecule has 2 aliphatic heterocycles. The fraction of sp³-hybridized carbons (Fsp3) is 0.533. The molecule has 1 amide bonds. The van der Waals surface area contributed by atoms with E-state index in [0.29, 0.717) is 12.5 Å². The van der Waals surface area contributed by atoms with E-state index in [2.05, 4.69) is 17.5 Å². The van der Waals surface area contributed by atoms with Crippen LogP contribution in [0.5, 0.6) is 0 Å². The summed E-state index contributed by atoms with van der Waals surface area (Å²) in [5, 5.41) is 3.24. The molecule has 0 bridgehead atoms. The third-order valence-electron chi connectivity index (χ3n) is 3.09. The number of carbonyl (C=O) groups excluding carboxylic acids is 1. The Morgan fingerprint density at radius 1 is 1.47 bits per heavy atom. The lowest BCUT2D eigenvalue weighted by atomic mass is 9.92. The number of hydrogen-bond acceptors (Lipinski definition) is 3. The number of carbonyl (C=O) groups is 1. The normalized spacial score (nSPS) is 22.8. The maximum Gasteiger partial charge on any atom is 0.414 e. The minimum Gasteiger partial charge on any atom is -0.443 e. The predicted molar refractivity (Wildman–Crippen MR) is 75.4 cm³/mol. The van der Waals surface area contributed by atoms with Crippen molar-refractivity contribution in [3.05, 3.63) is 36.2 Å². The predicted octanol–water partition coefficient (Wildman–Crippen LogP) is 2.80. The van der Waals surface area contributed by atoms with Crippen molar-refractivity contribution in [2.24, 2.45) is 5.92 Å². The topological polar surface area (TPSA) is 41.6 Å². The van der Waals surface area contributed by atoms with Gasteiger partial charge in [-0.05, 0) is 45.0 Å². The van der Waals surface area contributed by atoms with Crippen LogP contribution in [-0.4, -0.2) is 29.7 Å². The molecule has 0 aliphatic carbocycles. The molecule has 0 aromatic rings. The number of allylic oxidation sites excluding steroid dienone is 2. The largest absolute Gasteiger partial charge is 0.443 e. The molecule has 2 heterocycles. The summed E-state index contributed by atoms with van der Waals surface area (Å²) in [4.78, 5) is 13.5. The number of ether oxygens (including phenoxy) is 1. The van der Waals surface area contributed by atoms with Crippen LogP contribution in [0.25, 0.3) is 0 Å². The minimum atomic E-state index is -0.451. The molecule has 0 radical (unpaired) electrons. The molecule has 19 heavy (non-hydrogen) atoms. The molecule has 0 aromatic carbocycles. The summed E-state index contributed by atoms with van der Waals surface area (Å²) < 4.78 is 5.34. The average molecular weight is 262 g/mol. The van der Waals surface area contributed by atoms with Gasteiger partial charge < -0.3 is 10.1 Å². The van der Waals surface area contributed by atoms with Crippen LogP contribution in [0.2, 0.25) is 0 Å². The van der Waals surface area contributed by atoms with E-state index in [0.717, 1.165) is 13.0 Å². The first-order valence-electron chi connectivity index (χ1n) is 6.72. The Balaban J connectivity index is 1.91. The fourth-order valence-electron chi connectivity index (χ4n) is 2.13. The molecule has 0 aromatic heterocycles. The van der Waals surface area contributed by atoms with Crippen molar-refractivity contribution in [1.82, 2.24) is 10.2 Å². The van der Waals surface area contributed by atoms with Gasteiger partial charge in [0.2, 0.25) is 0 Å². The highest BCUT2D eigenvalue weighted by Gasteiger charge is 2.22. The maximum absolute atomic E-state index is 11.9. The van der Waals surface area contributed by atoms with Gasteiger partial charge in [0.15, 0.2) is 0 Å². The van der Waals surface area contributed by atoms with Crippen LogP contribution in [-0.2, 0) is 4.74 Å². The molecule has 4 heteroatoms. The molecule has 4 nitrogen and oxygen atoms in total. The Morgan fingerprint density at radius 2 is 2.26 bits per heavy atom. The van der Waals surface area contributed by atoms with Gasteiger partial charge in [-0.2, -0.15) is 0 Å². The van der Waals surface area contributed by atoms with Crippen LogP contribution in [0.4, 0.5) is 4.79 Å². The van der Waals surface area contributed by atoms with E-state index in [-0.39, 0.29) is 6.09 Å². The van der Waals surface area contributed by atoms with Gasteiger partial charge in [-0.15, -0.1) is 0 Å². The van der Waals surface area contributed by atoms with Gasteiger partial charge in [0.05, 0.1) is 0 Å². The summed E-state index contributed by atoms with van der Waals surface area (Å²) in [7, 11) is 0. The SMILES string of the molecule is CC(C)(C)OC(=O)N1C=CC(C2CC=CNC2)=CC1. The van der Waals surface area contributed by atoms with Crippen molar-refractivity contribution in [2.75, 3.05) is 13.1 Å². The minimum absolute atomic E-state index is 0.291. The van der Waals surface area contributed by atoms with Crippen LogP contribution in [0.3, 0.4) is 0 Å². The van der Waals surface area contributed by atoms with E-state index in [1.165, 1.54) is 5.57 Å². The molecule has 2 rings (SSSR count). The monoisotopic (exact) mass is 262 g/mol. The third kappa shape index (κ3) is 3.88. The number of amides is 1. The van der Waals surface area contributed by atoms with Crippen molar-refractivity contribution >= 4 is 6.09 Å². The first-order chi connectivity index (χ1) is 8.96. The summed E-state index contributed by atoms with van der Waals surface area (Å²) in [5.74, 6) is 0.502. The maximum atomic E-state index is 11.9. The first kappa shape index (κ1) is 13.7. The van der Waals surface area contributed by atoms with Crippen LogP contribution in [0.15, 0.2) is 36.2 Å². The van der Waals surface area contributed by atoms with Crippen molar-refractivity contribution in [1.29, 1.82) is 0 Å². The quantitative estimate of drug-likeness (QED) is 0.790. The number of nitrogens with one attached hydrogen (secondary N) is 1. The number of rotatable bonds is 1. The number of nitrogens with zero attached hydrogens (tertiary/aromatic N) is 1. The van der Waals surface area contributed by atoms with E-state index in [1.807, 2.05) is 39.2 Å². The van der Waals surface area contributed by atoms with Crippen LogP contribution >= 0.6 is 0 Å². The standard InChI is InChI=1S/C15H22N2O2/c1-15(2,3)19-14(18)17-9-6-12(7-10-17)13-5-4-8-16-11-13/h4,6-9,13,16H,5,10-11H2,1-3H3. The molecule has 1 unspecified atom stereocenters. The second kappa shape index (κ2) is 5.51. The lowest BCUT2D eigenvalue weighted by Gasteiger charge is -2.28. The average Bonchev–Trinajstić information content (AvgIpc) is 2.38. The van der Waals surface area contributed by atoms with Gasteiger partial charge in [0.25, 0.3) is 0 Å². The molecular formula is C15H22N2O2. The zero-order chi connectivity index (χ0) is 13.9. The second-order valence-corrected chi connectivity index (χ2v) is 5.90. The smallest absolute Gasteiger partial charge is 0.414 e. The van der Waals surface area contributed by atoms with Gasteiger partial charge in [0, 0.05) is 25.2 Å². The van der Waals surface area contributed by atoms with E-state index in [9.17, 15) is 4.79 Å². The van der Waals surface area contributed by atoms with E-state index in [1.54, 1.807) is 4.90 Å². The molecule has 0 saturated heterocycles. The van der Waals surface area contributed by atoms with E-state index >= 15 is 0 Å². The highest BCUT2D eigenvalue weighted by atomic mass is 16.6. The lowest BCUT2D eigenvalue weighted by Crippen LogP contribution is -2.35. The molecular weight excluding hydrogens is 240 g/mol. The first-order valence-corrected chi connectivity index (χ1v) is 6.72. The highest BCUT2D eigenvalue weighted by molar-refractivity contribution is 5.70. The summed E-state index contributed by atoms with van der Waals surface area (Å²) in [6.07, 6.45) is 10.8. The summed E-state index contributed by atoms with van der Waals surface area (Å²) in [5.41, 5.74) is 0.837. The van der Waals surface area contributed by atoms with Crippen LogP contribution in [0.1, 0.15) is 27.2 Å². The van der Waals surface area contributed by atoms with Crippen molar-refractivity contribution in [3.8, 4) is 0 Å². The highest BCUT2D eigenvalue weighted by Crippen LogP contribution is 2.22. The van der Waals surface area contributed by atoms with E-state index < -0.39 is 5.60 Å². The zero-order valence-electron chi connectivity index (χ0n) is 11.8. The summed E-state index contributed by atoms with van der Waals surface area (Å²) in [6, 6.07) is 0. The molecule has 1 atom stereocenters. The van der Waals surface area contributed by atoms with Crippen molar-refractivity contribution < 1.29 is 9.53 Å². The molecule has 1 N–H and O–H groups in total. The van der Waals surface area contributed by atoms with Crippen LogP contribution < -0.4 is 5.32 Å². The molecule has 0 spiro atoms. The molecule has 0 fully saturated rings. The molecule has 0 saturated carbocycles. The van der Waals surface area contributed by atoms with Gasteiger partial charge >= 0.3 is 6.09 Å². The second-order valence-electron chi connectivity index (χ2n) is 5.90. The van der Waals surface area contributed by atoms with Gasteiger partial charge in [0.1, 0.15) is 5.60 Å². The summed E-state index contributed by atoms with van der Waals surface area (Å²) >= 11 is 0. The lowest BCUT2D eigenvalue weighted by molar-refractivity contribution is 0.0349. The van der Waals surface area contributed by atoms with Gasteiger partial charge in [-0.3, -0.25) is 4.90 Å². The molecule has 2 aliphatic rings. The van der Waals surface area contributed by atoms with Gasteiger partial charge in [-0.25, -0.2) is 4.79 Å². The van der Waals surface area contributed by atoms with Crippen LogP contribution in [0, 0.1) is 5.92 Å². The third-order valence-corrected chi connectivity index (χ3v) is 3.09. The summed E-state index contributed by atoms with van der Waals surface area (Å²) in [6.45, 7) is 7.17. The number of hydrogen-bond donors (Lipinski definition) is 1. The Morgan fingerprint density at radius 3 is 2.79 bits per heavy atom. The van der Waals surface area contributed by atoms with Gasteiger partial charge in [-0.1, -0.05) is 12.2 Å². The van der Waals surface area contributed by atoms with Crippen molar-refractivity contribution in [3.63, 3.8) is 0 Å². The Labute approximate surface area is 114 Å². The Hall–Kier alpha value is -1.71. The Kier molecular flexibility index (Phi) is 3.98. The fourth-order valence-corrected chi connectivity index (χ4v) is 2.13. The van der Waals surface area contributed by atoms with Crippen molar-refractivity contribution in [2.45, 2.75) is 32.8 Å².